The number of thioether (sulfide) groups is 1. The Morgan fingerprint density at radius 3 is 2.90 bits per heavy atom. The number of aromatic nitrogens is 2. The van der Waals surface area contributed by atoms with Crippen molar-refractivity contribution in [2.24, 2.45) is 0 Å². The smallest absolute Gasteiger partial charge is 0.254 e. The number of anilines is 1. The number of rotatable bonds is 8. The molecule has 0 saturated carbocycles. The van der Waals surface area contributed by atoms with Gasteiger partial charge in [0.1, 0.15) is 11.0 Å². The van der Waals surface area contributed by atoms with E-state index in [1.807, 2.05) is 11.9 Å². The number of halogens is 1. The first kappa shape index (κ1) is 17.0. The highest BCUT2D eigenvalue weighted by atomic mass is 35.5. The maximum absolute atomic E-state index is 11.4. The molecule has 1 amide bonds. The predicted octanol–water partition coefficient (Wildman–Crippen LogP) is 2.14. The SMILES string of the molecule is CCCN(C)c1cc(Cl)nc(SCC(=O)NOCC)n1. The maximum atomic E-state index is 11.4. The van der Waals surface area contributed by atoms with E-state index >= 15 is 0 Å². The van der Waals surface area contributed by atoms with Crippen molar-refractivity contribution in [1.82, 2.24) is 15.4 Å². The average Bonchev–Trinajstić information content (AvgIpc) is 2.42. The summed E-state index contributed by atoms with van der Waals surface area (Å²) in [4.78, 5) is 26.7. The van der Waals surface area contributed by atoms with Crippen LogP contribution in [0.15, 0.2) is 11.2 Å². The molecule has 0 unspecified atom stereocenters. The Balaban J connectivity index is 2.63. The zero-order valence-corrected chi connectivity index (χ0v) is 13.4. The lowest BCUT2D eigenvalue weighted by molar-refractivity contribution is -0.130. The summed E-state index contributed by atoms with van der Waals surface area (Å²) in [6.07, 6.45) is 1.01. The molecule has 6 nitrogen and oxygen atoms in total. The Morgan fingerprint density at radius 1 is 1.50 bits per heavy atom. The fourth-order valence-corrected chi connectivity index (χ4v) is 2.28. The number of nitrogens with one attached hydrogen (secondary N) is 1. The van der Waals surface area contributed by atoms with Gasteiger partial charge in [0.05, 0.1) is 12.4 Å². The lowest BCUT2D eigenvalue weighted by atomic mass is 10.4. The third-order valence-corrected chi connectivity index (χ3v) is 3.31. The molecule has 0 aliphatic heterocycles. The van der Waals surface area contributed by atoms with Gasteiger partial charge < -0.3 is 4.90 Å². The molecule has 0 aliphatic rings. The molecule has 0 saturated heterocycles. The van der Waals surface area contributed by atoms with Crippen LogP contribution in [-0.2, 0) is 9.63 Å². The van der Waals surface area contributed by atoms with E-state index in [-0.39, 0.29) is 11.7 Å². The Kier molecular flexibility index (Phi) is 7.64. The van der Waals surface area contributed by atoms with Crippen LogP contribution in [0, 0.1) is 0 Å². The Hall–Kier alpha value is -1.05. The fourth-order valence-electron chi connectivity index (χ4n) is 1.41. The van der Waals surface area contributed by atoms with E-state index < -0.39 is 0 Å². The van der Waals surface area contributed by atoms with Crippen molar-refractivity contribution >= 4 is 35.1 Å². The van der Waals surface area contributed by atoms with Gasteiger partial charge in [0.2, 0.25) is 0 Å². The first-order valence-corrected chi connectivity index (χ1v) is 7.72. The zero-order valence-electron chi connectivity index (χ0n) is 11.9. The number of nitrogens with zero attached hydrogens (tertiary/aromatic N) is 3. The number of carbonyl (C=O) groups excluding carboxylic acids is 1. The summed E-state index contributed by atoms with van der Waals surface area (Å²) in [5.74, 6) is 0.695. The average molecular weight is 319 g/mol. The van der Waals surface area contributed by atoms with Gasteiger partial charge in [-0.1, -0.05) is 30.3 Å². The van der Waals surface area contributed by atoms with Crippen LogP contribution < -0.4 is 10.4 Å². The van der Waals surface area contributed by atoms with Crippen molar-refractivity contribution in [3.8, 4) is 0 Å². The van der Waals surface area contributed by atoms with Crippen LogP contribution in [0.25, 0.3) is 0 Å². The minimum atomic E-state index is -0.233. The third-order valence-electron chi connectivity index (χ3n) is 2.27. The molecule has 0 radical (unpaired) electrons. The summed E-state index contributed by atoms with van der Waals surface area (Å²) >= 11 is 7.19. The minimum Gasteiger partial charge on any atom is -0.360 e. The van der Waals surface area contributed by atoms with Crippen LogP contribution in [0.5, 0.6) is 0 Å². The quantitative estimate of drug-likeness (QED) is 0.343. The van der Waals surface area contributed by atoms with E-state index in [2.05, 4.69) is 22.4 Å². The number of hydrogen-bond donors (Lipinski definition) is 1. The molecule has 0 aromatic carbocycles. The van der Waals surface area contributed by atoms with Gasteiger partial charge in [0.15, 0.2) is 5.16 Å². The monoisotopic (exact) mass is 318 g/mol. The highest BCUT2D eigenvalue weighted by Gasteiger charge is 2.09. The van der Waals surface area contributed by atoms with Gasteiger partial charge in [0, 0.05) is 19.7 Å². The van der Waals surface area contributed by atoms with Gasteiger partial charge in [-0.3, -0.25) is 9.63 Å². The van der Waals surface area contributed by atoms with E-state index in [9.17, 15) is 4.79 Å². The van der Waals surface area contributed by atoms with Gasteiger partial charge in [-0.05, 0) is 13.3 Å². The van der Waals surface area contributed by atoms with Crippen LogP contribution in [0.3, 0.4) is 0 Å². The minimum absolute atomic E-state index is 0.178. The van der Waals surface area contributed by atoms with Crippen molar-refractivity contribution in [1.29, 1.82) is 0 Å². The molecule has 0 spiro atoms. The second-order valence-electron chi connectivity index (χ2n) is 4.00. The van der Waals surface area contributed by atoms with Crippen molar-refractivity contribution < 1.29 is 9.63 Å². The van der Waals surface area contributed by atoms with Crippen molar-refractivity contribution in [2.75, 3.05) is 30.9 Å². The molecule has 1 N–H and O–H groups in total. The first-order valence-electron chi connectivity index (χ1n) is 6.36. The molecule has 0 aliphatic carbocycles. The Labute approximate surface area is 128 Å². The van der Waals surface area contributed by atoms with E-state index in [1.54, 1.807) is 13.0 Å². The van der Waals surface area contributed by atoms with E-state index in [0.717, 1.165) is 18.8 Å². The van der Waals surface area contributed by atoms with Crippen LogP contribution in [0.2, 0.25) is 5.15 Å². The molecule has 1 aromatic heterocycles. The number of carbonyl (C=O) groups is 1. The summed E-state index contributed by atoms with van der Waals surface area (Å²) in [7, 11) is 1.94. The molecule has 0 bridgehead atoms. The molecule has 0 atom stereocenters. The lowest BCUT2D eigenvalue weighted by Crippen LogP contribution is -2.25. The summed E-state index contributed by atoms with van der Waals surface area (Å²) < 4.78 is 0. The van der Waals surface area contributed by atoms with Gasteiger partial charge in [-0.15, -0.1) is 0 Å². The summed E-state index contributed by atoms with van der Waals surface area (Å²) in [5.41, 5.74) is 2.32. The lowest BCUT2D eigenvalue weighted by Gasteiger charge is -2.17. The molecular weight excluding hydrogens is 300 g/mol. The van der Waals surface area contributed by atoms with E-state index in [4.69, 9.17) is 16.4 Å². The van der Waals surface area contributed by atoms with E-state index in [0.29, 0.717) is 16.9 Å². The number of hydroxylamine groups is 1. The summed E-state index contributed by atoms with van der Waals surface area (Å²) in [6, 6.07) is 1.71. The molecule has 1 rings (SSSR count). The summed E-state index contributed by atoms with van der Waals surface area (Å²) in [6.45, 7) is 5.19. The molecule has 1 heterocycles. The van der Waals surface area contributed by atoms with Crippen molar-refractivity contribution in [2.45, 2.75) is 25.4 Å². The largest absolute Gasteiger partial charge is 0.360 e. The molecule has 112 valence electrons. The van der Waals surface area contributed by atoms with Crippen LogP contribution in [-0.4, -0.2) is 41.8 Å². The highest BCUT2D eigenvalue weighted by molar-refractivity contribution is 7.99. The van der Waals surface area contributed by atoms with Crippen LogP contribution in [0.4, 0.5) is 5.82 Å². The zero-order chi connectivity index (χ0) is 15.0. The van der Waals surface area contributed by atoms with Gasteiger partial charge >= 0.3 is 0 Å². The predicted molar refractivity (Wildman–Crippen MR) is 81.1 cm³/mol. The van der Waals surface area contributed by atoms with Crippen molar-refractivity contribution in [3.05, 3.63) is 11.2 Å². The highest BCUT2D eigenvalue weighted by Crippen LogP contribution is 2.21. The first-order chi connectivity index (χ1) is 9.56. The van der Waals surface area contributed by atoms with Crippen molar-refractivity contribution in [3.63, 3.8) is 0 Å². The molecule has 20 heavy (non-hydrogen) atoms. The molecule has 0 fully saturated rings. The van der Waals surface area contributed by atoms with Gasteiger partial charge in [-0.25, -0.2) is 15.4 Å². The normalized spacial score (nSPS) is 10.4. The second kappa shape index (κ2) is 8.99. The fraction of sp³-hybridized carbons (Fsp3) is 0.583. The Bertz CT molecular complexity index is 447. The molecule has 8 heteroatoms. The third kappa shape index (κ3) is 5.94. The van der Waals surface area contributed by atoms with Crippen LogP contribution >= 0.6 is 23.4 Å². The van der Waals surface area contributed by atoms with Gasteiger partial charge in [0.25, 0.3) is 5.91 Å². The number of amides is 1. The number of hydrogen-bond acceptors (Lipinski definition) is 6. The van der Waals surface area contributed by atoms with Gasteiger partial charge in [-0.2, -0.15) is 0 Å². The molecule has 1 aromatic rings. The summed E-state index contributed by atoms with van der Waals surface area (Å²) in [5, 5.41) is 0.841. The topological polar surface area (TPSA) is 67.4 Å². The maximum Gasteiger partial charge on any atom is 0.254 e. The standard InChI is InChI=1S/C12H19ClN4O2S/c1-4-6-17(3)10-7-9(13)14-12(15-10)20-8-11(18)16-19-5-2/h7H,4-6,8H2,1-3H3,(H,16,18). The Morgan fingerprint density at radius 2 is 2.25 bits per heavy atom. The second-order valence-corrected chi connectivity index (χ2v) is 5.33. The molecular formula is C12H19ClN4O2S. The van der Waals surface area contributed by atoms with Crippen LogP contribution in [0.1, 0.15) is 20.3 Å². The van der Waals surface area contributed by atoms with E-state index in [1.165, 1.54) is 11.8 Å².